The van der Waals surface area contributed by atoms with Gasteiger partial charge in [-0.1, -0.05) is 127 Å². The predicted octanol–water partition coefficient (Wildman–Crippen LogP) is 10.7. The fourth-order valence-electron chi connectivity index (χ4n) is 6.02. The summed E-state index contributed by atoms with van der Waals surface area (Å²) >= 11 is 0. The highest BCUT2D eigenvalue weighted by molar-refractivity contribution is 6.11. The molecule has 4 nitrogen and oxygen atoms in total. The van der Waals surface area contributed by atoms with E-state index in [1.807, 2.05) is 42.5 Å². The first-order valence-electron chi connectivity index (χ1n) is 16.3. The van der Waals surface area contributed by atoms with Crippen molar-refractivity contribution >= 4 is 43.5 Å². The summed E-state index contributed by atoms with van der Waals surface area (Å²) in [5, 5.41) is 5.75. The molecule has 0 atom stereocenters. The molecule has 0 aliphatic heterocycles. The molecule has 0 radical (unpaired) electrons. The van der Waals surface area contributed by atoms with Gasteiger partial charge in [-0.3, -0.25) is 0 Å². The lowest BCUT2D eigenvalue weighted by Crippen LogP contribution is -2.00. The molecular formula is C41H25N3O. The van der Waals surface area contributed by atoms with E-state index in [9.17, 15) is 0 Å². The number of hydrogen-bond donors (Lipinski definition) is 0. The number of fused-ring (bicyclic) bond motifs is 5. The Bertz CT molecular complexity index is 2720. The van der Waals surface area contributed by atoms with Crippen LogP contribution in [0.15, 0.2) is 156 Å². The third kappa shape index (κ3) is 4.43. The molecule has 210 valence electrons. The molecule has 2 aromatic heterocycles. The molecule has 9 aromatic rings. The Kier molecular flexibility index (Phi) is 5.11. The molecule has 0 aliphatic carbocycles. The lowest BCUT2D eigenvalue weighted by atomic mass is 10.00. The highest BCUT2D eigenvalue weighted by Gasteiger charge is 2.18. The maximum absolute atomic E-state index is 9.01. The Hall–Kier alpha value is -6.13. The van der Waals surface area contributed by atoms with Gasteiger partial charge in [-0.05, 0) is 56.9 Å². The summed E-state index contributed by atoms with van der Waals surface area (Å²) in [7, 11) is 0. The van der Waals surface area contributed by atoms with Gasteiger partial charge < -0.3 is 4.42 Å². The molecule has 0 saturated heterocycles. The SMILES string of the molecule is [2H]c1cc([2H])c2oc3ccc([2H])c(-c4nc(-c5ccc(-c6ccc7ccccc7c6)cc5)nc(-c5ccc6ccccc6c5)n4)c3c2c1. The van der Waals surface area contributed by atoms with Crippen LogP contribution in [0.3, 0.4) is 0 Å². The predicted molar refractivity (Wildman–Crippen MR) is 184 cm³/mol. The van der Waals surface area contributed by atoms with Crippen LogP contribution in [-0.2, 0) is 0 Å². The maximum atomic E-state index is 9.01. The first kappa shape index (κ1) is 22.4. The summed E-state index contributed by atoms with van der Waals surface area (Å²) in [6.45, 7) is 0. The molecule has 0 bridgehead atoms. The number of hydrogen-bond acceptors (Lipinski definition) is 4. The molecule has 2 heterocycles. The summed E-state index contributed by atoms with van der Waals surface area (Å²) in [6.07, 6.45) is 0. The summed E-state index contributed by atoms with van der Waals surface area (Å²) in [6, 6.07) is 44.2. The van der Waals surface area contributed by atoms with E-state index in [0.717, 1.165) is 33.0 Å². The minimum absolute atomic E-state index is 0.117. The van der Waals surface area contributed by atoms with Gasteiger partial charge in [0.2, 0.25) is 0 Å². The van der Waals surface area contributed by atoms with Crippen LogP contribution in [0.5, 0.6) is 0 Å². The summed E-state index contributed by atoms with van der Waals surface area (Å²) in [5.41, 5.74) is 5.16. The van der Waals surface area contributed by atoms with Gasteiger partial charge in [0, 0.05) is 27.5 Å². The van der Waals surface area contributed by atoms with E-state index in [1.165, 1.54) is 16.8 Å². The second kappa shape index (κ2) is 10.2. The van der Waals surface area contributed by atoms with E-state index in [1.54, 1.807) is 18.2 Å². The van der Waals surface area contributed by atoms with Gasteiger partial charge in [-0.2, -0.15) is 0 Å². The zero-order valence-electron chi connectivity index (χ0n) is 27.0. The molecule has 0 fully saturated rings. The molecule has 45 heavy (non-hydrogen) atoms. The topological polar surface area (TPSA) is 51.8 Å². The van der Waals surface area contributed by atoms with Crippen LogP contribution >= 0.6 is 0 Å². The van der Waals surface area contributed by atoms with Crippen LogP contribution in [0.25, 0.3) is 88.8 Å². The number of para-hydroxylation sites is 1. The molecule has 0 aliphatic rings. The number of nitrogens with zero attached hydrogens (tertiary/aromatic N) is 3. The van der Waals surface area contributed by atoms with Crippen molar-refractivity contribution in [1.82, 2.24) is 15.0 Å². The van der Waals surface area contributed by atoms with Crippen LogP contribution in [0, 0.1) is 0 Å². The van der Waals surface area contributed by atoms with Crippen molar-refractivity contribution in [2.45, 2.75) is 0 Å². The van der Waals surface area contributed by atoms with Crippen molar-refractivity contribution in [3.63, 3.8) is 0 Å². The first-order chi connectivity index (χ1) is 23.5. The van der Waals surface area contributed by atoms with E-state index >= 15 is 0 Å². The van der Waals surface area contributed by atoms with Crippen molar-refractivity contribution in [2.75, 3.05) is 0 Å². The molecule has 0 saturated carbocycles. The molecule has 0 unspecified atom stereocenters. The van der Waals surface area contributed by atoms with Crippen molar-refractivity contribution in [3.8, 4) is 45.3 Å². The number of aromatic nitrogens is 3. The standard InChI is InChI=1S/C41H25N3O/c1-3-10-30-24-32(22-18-26(30)8-1)28-16-20-29(21-17-28)39-42-40(33-23-19-27-9-2-4-11-31(27)25-33)44-41(43-39)35-13-7-15-37-38(35)34-12-5-6-14-36(34)45-37/h1-25H/i5D,13D,14D. The van der Waals surface area contributed by atoms with Gasteiger partial charge >= 0.3 is 0 Å². The fraction of sp³-hybridized carbons (Fsp3) is 0. The normalized spacial score (nSPS) is 12.5. The Morgan fingerprint density at radius 2 is 1.04 bits per heavy atom. The minimum atomic E-state index is 0.117. The largest absolute Gasteiger partial charge is 0.456 e. The van der Waals surface area contributed by atoms with Gasteiger partial charge in [0.05, 0.1) is 4.11 Å². The lowest BCUT2D eigenvalue weighted by Gasteiger charge is -2.10. The Balaban J connectivity index is 1.25. The third-order valence-electron chi connectivity index (χ3n) is 8.29. The molecule has 0 amide bonds. The van der Waals surface area contributed by atoms with E-state index < -0.39 is 0 Å². The Morgan fingerprint density at radius 3 is 1.80 bits per heavy atom. The average Bonchev–Trinajstić information content (AvgIpc) is 3.50. The van der Waals surface area contributed by atoms with Crippen molar-refractivity contribution in [3.05, 3.63) is 152 Å². The van der Waals surface area contributed by atoms with Crippen LogP contribution in [0.2, 0.25) is 0 Å². The molecule has 4 heteroatoms. The zero-order chi connectivity index (χ0) is 32.4. The van der Waals surface area contributed by atoms with Gasteiger partial charge in [-0.15, -0.1) is 0 Å². The first-order valence-corrected chi connectivity index (χ1v) is 14.8. The monoisotopic (exact) mass is 578 g/mol. The number of furan rings is 1. The maximum Gasteiger partial charge on any atom is 0.164 e. The highest BCUT2D eigenvalue weighted by Crippen LogP contribution is 2.37. The Morgan fingerprint density at radius 1 is 0.444 bits per heavy atom. The molecular weight excluding hydrogens is 550 g/mol. The van der Waals surface area contributed by atoms with Gasteiger partial charge in [-0.25, -0.2) is 15.0 Å². The lowest BCUT2D eigenvalue weighted by molar-refractivity contribution is 0.669. The summed E-state index contributed by atoms with van der Waals surface area (Å²) in [4.78, 5) is 14.9. The molecule has 0 N–H and O–H groups in total. The van der Waals surface area contributed by atoms with Crippen LogP contribution in [-0.4, -0.2) is 15.0 Å². The van der Waals surface area contributed by atoms with E-state index in [2.05, 4.69) is 66.7 Å². The van der Waals surface area contributed by atoms with Gasteiger partial charge in [0.1, 0.15) is 11.2 Å². The number of benzene rings is 7. The second-order valence-electron chi connectivity index (χ2n) is 11.0. The van der Waals surface area contributed by atoms with Crippen LogP contribution in [0.1, 0.15) is 4.11 Å². The van der Waals surface area contributed by atoms with E-state index in [0.29, 0.717) is 45.0 Å². The van der Waals surface area contributed by atoms with Crippen LogP contribution in [0.4, 0.5) is 0 Å². The molecule has 7 aromatic carbocycles. The molecule has 9 rings (SSSR count). The van der Waals surface area contributed by atoms with Crippen molar-refractivity contribution in [2.24, 2.45) is 0 Å². The van der Waals surface area contributed by atoms with Crippen LogP contribution < -0.4 is 0 Å². The third-order valence-corrected chi connectivity index (χ3v) is 8.29. The zero-order valence-corrected chi connectivity index (χ0v) is 24.0. The fourth-order valence-corrected chi connectivity index (χ4v) is 6.02. The highest BCUT2D eigenvalue weighted by atomic mass is 16.3. The van der Waals surface area contributed by atoms with E-state index in [4.69, 9.17) is 23.5 Å². The smallest absolute Gasteiger partial charge is 0.164 e. The van der Waals surface area contributed by atoms with Gasteiger partial charge in [0.15, 0.2) is 17.5 Å². The van der Waals surface area contributed by atoms with Gasteiger partial charge in [0.25, 0.3) is 0 Å². The second-order valence-corrected chi connectivity index (χ2v) is 11.0. The number of rotatable bonds is 4. The summed E-state index contributed by atoms with van der Waals surface area (Å²) in [5.74, 6) is 1.27. The van der Waals surface area contributed by atoms with E-state index in [-0.39, 0.29) is 18.1 Å². The Labute approximate surface area is 263 Å². The minimum Gasteiger partial charge on any atom is -0.456 e. The average molecular weight is 579 g/mol. The van der Waals surface area contributed by atoms with Crippen molar-refractivity contribution < 1.29 is 8.53 Å². The summed E-state index contributed by atoms with van der Waals surface area (Å²) < 4.78 is 31.8. The molecule has 0 spiro atoms. The van der Waals surface area contributed by atoms with Crippen molar-refractivity contribution in [1.29, 1.82) is 0 Å². The quantitative estimate of drug-likeness (QED) is 0.208.